The molecule has 0 aliphatic rings. The number of likely N-dealkylation sites (N-methyl/N-ethyl adjacent to an activating group) is 1. The molecule has 1 amide bonds. The maximum atomic E-state index is 14.1. The van der Waals surface area contributed by atoms with Gasteiger partial charge in [0.2, 0.25) is 0 Å². The standard InChI is InChI=1S/C32H32N4O3/c1-35(2)19-20-36-28-6-4-3-5-27(28)30(31(36)32(39)34-21-22-15-17-33-18-16-22)29(23-7-11-25(37)12-8-23)24-9-13-26(38)14-10-24/h3-18,29,37-38H,19-21H2,1-2H3,(H,34,39). The van der Waals surface area contributed by atoms with Gasteiger partial charge in [-0.05, 0) is 73.3 Å². The van der Waals surface area contributed by atoms with Gasteiger partial charge in [-0.3, -0.25) is 9.78 Å². The zero-order chi connectivity index (χ0) is 27.4. The summed E-state index contributed by atoms with van der Waals surface area (Å²) in [7, 11) is 4.04. The molecule has 5 aromatic rings. The number of hydrogen-bond donors (Lipinski definition) is 3. The molecule has 0 bridgehead atoms. The van der Waals surface area contributed by atoms with E-state index < -0.39 is 0 Å². The number of carbonyl (C=O) groups is 1. The number of fused-ring (bicyclic) bond motifs is 1. The number of nitrogens with zero attached hydrogens (tertiary/aromatic N) is 3. The van der Waals surface area contributed by atoms with Crippen LogP contribution in [0.15, 0.2) is 97.3 Å². The van der Waals surface area contributed by atoms with Crippen molar-refractivity contribution in [3.8, 4) is 11.5 Å². The number of hydrogen-bond acceptors (Lipinski definition) is 5. The number of carbonyl (C=O) groups excluding carboxylic acids is 1. The van der Waals surface area contributed by atoms with E-state index in [9.17, 15) is 15.0 Å². The number of aromatic hydroxyl groups is 2. The van der Waals surface area contributed by atoms with E-state index in [0.29, 0.717) is 18.8 Å². The van der Waals surface area contributed by atoms with Crippen LogP contribution >= 0.6 is 0 Å². The van der Waals surface area contributed by atoms with Crippen molar-refractivity contribution >= 4 is 16.8 Å². The van der Waals surface area contributed by atoms with Crippen LogP contribution in [-0.4, -0.2) is 51.2 Å². The molecule has 198 valence electrons. The van der Waals surface area contributed by atoms with E-state index in [4.69, 9.17) is 0 Å². The molecular formula is C32H32N4O3. The molecule has 2 aromatic heterocycles. The average molecular weight is 521 g/mol. The number of phenols is 2. The minimum absolute atomic E-state index is 0.167. The summed E-state index contributed by atoms with van der Waals surface area (Å²) in [5, 5.41) is 24.2. The van der Waals surface area contributed by atoms with E-state index in [-0.39, 0.29) is 23.3 Å². The number of phenolic OH excluding ortho intramolecular Hbond substituents is 2. The summed E-state index contributed by atoms with van der Waals surface area (Å²) in [4.78, 5) is 20.3. The maximum absolute atomic E-state index is 14.1. The Balaban J connectivity index is 1.73. The van der Waals surface area contributed by atoms with Gasteiger partial charge in [0, 0.05) is 54.4 Å². The van der Waals surface area contributed by atoms with E-state index in [1.165, 1.54) is 0 Å². The largest absolute Gasteiger partial charge is 0.508 e. The van der Waals surface area contributed by atoms with Gasteiger partial charge < -0.3 is 25.0 Å². The first-order chi connectivity index (χ1) is 18.9. The van der Waals surface area contributed by atoms with Gasteiger partial charge in [-0.25, -0.2) is 0 Å². The predicted octanol–water partition coefficient (Wildman–Crippen LogP) is 5.12. The number of rotatable bonds is 9. The fourth-order valence-electron chi connectivity index (χ4n) is 5.03. The summed E-state index contributed by atoms with van der Waals surface area (Å²) >= 11 is 0. The van der Waals surface area contributed by atoms with Crippen LogP contribution in [0.3, 0.4) is 0 Å². The molecule has 0 radical (unpaired) electrons. The lowest BCUT2D eigenvalue weighted by Gasteiger charge is -2.21. The van der Waals surface area contributed by atoms with Crippen molar-refractivity contribution in [3.63, 3.8) is 0 Å². The molecule has 7 heteroatoms. The van der Waals surface area contributed by atoms with Gasteiger partial charge in [0.1, 0.15) is 17.2 Å². The van der Waals surface area contributed by atoms with Crippen molar-refractivity contribution in [1.29, 1.82) is 0 Å². The first kappa shape index (κ1) is 26.0. The second-order valence-electron chi connectivity index (χ2n) is 9.89. The van der Waals surface area contributed by atoms with Crippen molar-refractivity contribution in [2.24, 2.45) is 0 Å². The Morgan fingerprint density at radius 1 is 0.872 bits per heavy atom. The number of nitrogens with one attached hydrogen (secondary N) is 1. The Kier molecular flexibility index (Phi) is 7.61. The lowest BCUT2D eigenvalue weighted by atomic mass is 9.83. The molecule has 39 heavy (non-hydrogen) atoms. The monoisotopic (exact) mass is 520 g/mol. The zero-order valence-corrected chi connectivity index (χ0v) is 22.1. The van der Waals surface area contributed by atoms with Gasteiger partial charge in [-0.2, -0.15) is 0 Å². The fourth-order valence-corrected chi connectivity index (χ4v) is 5.03. The van der Waals surface area contributed by atoms with Crippen LogP contribution in [0.4, 0.5) is 0 Å². The second-order valence-corrected chi connectivity index (χ2v) is 9.89. The van der Waals surface area contributed by atoms with Crippen molar-refractivity contribution < 1.29 is 15.0 Å². The van der Waals surface area contributed by atoms with Crippen LogP contribution in [0.5, 0.6) is 11.5 Å². The molecular weight excluding hydrogens is 488 g/mol. The van der Waals surface area contributed by atoms with Crippen LogP contribution in [0, 0.1) is 0 Å². The SMILES string of the molecule is CN(C)CCn1c(C(=O)NCc2ccncc2)c(C(c2ccc(O)cc2)c2ccc(O)cc2)c2ccccc21. The van der Waals surface area contributed by atoms with Crippen LogP contribution in [0.2, 0.25) is 0 Å². The molecule has 0 fully saturated rings. The third kappa shape index (κ3) is 5.63. The summed E-state index contributed by atoms with van der Waals surface area (Å²) < 4.78 is 2.11. The number of aromatic nitrogens is 2. The Morgan fingerprint density at radius 3 is 2.05 bits per heavy atom. The summed E-state index contributed by atoms with van der Waals surface area (Å²) in [5.41, 5.74) is 5.27. The first-order valence-corrected chi connectivity index (χ1v) is 12.9. The Hall–Kier alpha value is -4.62. The van der Waals surface area contributed by atoms with E-state index >= 15 is 0 Å². The van der Waals surface area contributed by atoms with Gasteiger partial charge >= 0.3 is 0 Å². The van der Waals surface area contributed by atoms with Crippen LogP contribution in [-0.2, 0) is 13.1 Å². The molecule has 3 aromatic carbocycles. The lowest BCUT2D eigenvalue weighted by molar-refractivity contribution is 0.0940. The highest BCUT2D eigenvalue weighted by atomic mass is 16.3. The summed E-state index contributed by atoms with van der Waals surface area (Å²) in [6.45, 7) is 1.76. The van der Waals surface area contributed by atoms with Crippen molar-refractivity contribution in [2.45, 2.75) is 19.0 Å². The van der Waals surface area contributed by atoms with E-state index in [2.05, 4.69) is 31.9 Å². The summed E-state index contributed by atoms with van der Waals surface area (Å²) in [6.07, 6.45) is 3.43. The third-order valence-electron chi connectivity index (χ3n) is 6.94. The van der Waals surface area contributed by atoms with Gasteiger partial charge in [0.15, 0.2) is 0 Å². The fraction of sp³-hybridized carbons (Fsp3) is 0.188. The highest BCUT2D eigenvalue weighted by Crippen LogP contribution is 2.41. The normalized spacial score (nSPS) is 11.4. The van der Waals surface area contributed by atoms with E-state index in [0.717, 1.165) is 39.7 Å². The predicted molar refractivity (Wildman–Crippen MR) is 153 cm³/mol. The van der Waals surface area contributed by atoms with Gasteiger partial charge in [0.05, 0.1) is 0 Å². The zero-order valence-electron chi connectivity index (χ0n) is 22.1. The van der Waals surface area contributed by atoms with Crippen LogP contribution in [0.1, 0.15) is 38.7 Å². The smallest absolute Gasteiger partial charge is 0.268 e. The number of amides is 1. The highest BCUT2D eigenvalue weighted by Gasteiger charge is 2.30. The Bertz CT molecular complexity index is 1510. The van der Waals surface area contributed by atoms with Crippen molar-refractivity contribution in [1.82, 2.24) is 19.8 Å². The Labute approximate surface area is 228 Å². The molecule has 0 saturated heterocycles. The molecule has 0 unspecified atom stereocenters. The number of pyridine rings is 1. The number of para-hydroxylation sites is 1. The molecule has 0 saturated carbocycles. The van der Waals surface area contributed by atoms with Crippen molar-refractivity contribution in [2.75, 3.05) is 20.6 Å². The van der Waals surface area contributed by atoms with Gasteiger partial charge in [0.25, 0.3) is 5.91 Å². The summed E-state index contributed by atoms with van der Waals surface area (Å²) in [6, 6.07) is 26.1. The minimum Gasteiger partial charge on any atom is -0.508 e. The van der Waals surface area contributed by atoms with Crippen LogP contribution in [0.25, 0.3) is 10.9 Å². The highest BCUT2D eigenvalue weighted by molar-refractivity contribution is 6.02. The van der Waals surface area contributed by atoms with Crippen molar-refractivity contribution in [3.05, 3.63) is 125 Å². The third-order valence-corrected chi connectivity index (χ3v) is 6.94. The molecule has 3 N–H and O–H groups in total. The Morgan fingerprint density at radius 2 is 1.46 bits per heavy atom. The first-order valence-electron chi connectivity index (χ1n) is 12.9. The minimum atomic E-state index is -0.321. The van der Waals surface area contributed by atoms with Crippen LogP contribution < -0.4 is 5.32 Å². The van der Waals surface area contributed by atoms with Gasteiger partial charge in [-0.1, -0.05) is 42.5 Å². The molecule has 5 rings (SSSR count). The van der Waals surface area contributed by atoms with Gasteiger partial charge in [-0.15, -0.1) is 0 Å². The second kappa shape index (κ2) is 11.4. The quantitative estimate of drug-likeness (QED) is 0.251. The molecule has 7 nitrogen and oxygen atoms in total. The summed E-state index contributed by atoms with van der Waals surface area (Å²) in [5.74, 6) is -0.142. The lowest BCUT2D eigenvalue weighted by Crippen LogP contribution is -2.29. The maximum Gasteiger partial charge on any atom is 0.268 e. The molecule has 2 heterocycles. The van der Waals surface area contributed by atoms with E-state index in [1.807, 2.05) is 62.6 Å². The average Bonchev–Trinajstić information content (AvgIpc) is 3.27. The van der Waals surface area contributed by atoms with E-state index in [1.54, 1.807) is 36.7 Å². The molecule has 0 aliphatic carbocycles. The topological polar surface area (TPSA) is 90.6 Å². The molecule has 0 aliphatic heterocycles. The molecule has 0 atom stereocenters. The molecule has 0 spiro atoms. The number of benzene rings is 3.